The molecule has 0 heterocycles. The first-order chi connectivity index (χ1) is 6.09. The predicted molar refractivity (Wildman–Crippen MR) is 52.9 cm³/mol. The Balaban J connectivity index is 0.00000169. The van der Waals surface area contributed by atoms with Crippen molar-refractivity contribution in [1.82, 2.24) is 0 Å². The van der Waals surface area contributed by atoms with Gasteiger partial charge in [0, 0.05) is 12.5 Å². The molecule has 0 radical (unpaired) electrons. The number of hydrogen-bond donors (Lipinski definition) is 2. The molecule has 3 N–H and O–H groups in total. The molecule has 2 nitrogen and oxygen atoms in total. The van der Waals surface area contributed by atoms with E-state index in [0.717, 1.165) is 0 Å². The SMILES string of the molecule is Cl.N[C@@H](CC(F)F)c1cccc(O)c1. The third-order valence-corrected chi connectivity index (χ3v) is 1.73. The van der Waals surface area contributed by atoms with Gasteiger partial charge >= 0.3 is 0 Å². The van der Waals surface area contributed by atoms with Gasteiger partial charge in [0.2, 0.25) is 6.43 Å². The van der Waals surface area contributed by atoms with Gasteiger partial charge < -0.3 is 10.8 Å². The fourth-order valence-electron chi connectivity index (χ4n) is 1.08. The van der Waals surface area contributed by atoms with E-state index < -0.39 is 12.5 Å². The maximum Gasteiger partial charge on any atom is 0.240 e. The lowest BCUT2D eigenvalue weighted by atomic mass is 10.1. The molecular formula is C9H12ClF2NO. The number of phenols is 1. The van der Waals surface area contributed by atoms with Crippen LogP contribution in [0.3, 0.4) is 0 Å². The molecule has 0 aliphatic rings. The van der Waals surface area contributed by atoms with Crippen LogP contribution >= 0.6 is 12.4 Å². The number of halogens is 3. The topological polar surface area (TPSA) is 46.2 Å². The van der Waals surface area contributed by atoms with Gasteiger partial charge in [-0.05, 0) is 17.7 Å². The van der Waals surface area contributed by atoms with E-state index in [1.165, 1.54) is 12.1 Å². The van der Waals surface area contributed by atoms with Crippen LogP contribution in [0.5, 0.6) is 5.75 Å². The van der Waals surface area contributed by atoms with Crippen LogP contribution in [0.25, 0.3) is 0 Å². The van der Waals surface area contributed by atoms with Crippen molar-refractivity contribution in [3.8, 4) is 5.75 Å². The Labute approximate surface area is 87.1 Å². The monoisotopic (exact) mass is 223 g/mol. The largest absolute Gasteiger partial charge is 0.508 e. The molecule has 0 saturated carbocycles. The third-order valence-electron chi connectivity index (χ3n) is 1.73. The van der Waals surface area contributed by atoms with E-state index in [9.17, 15) is 8.78 Å². The van der Waals surface area contributed by atoms with Crippen LogP contribution < -0.4 is 5.73 Å². The number of alkyl halides is 2. The molecule has 0 amide bonds. The number of phenolic OH excluding ortho intramolecular Hbond substituents is 1. The van der Waals surface area contributed by atoms with E-state index in [1.807, 2.05) is 0 Å². The zero-order chi connectivity index (χ0) is 9.84. The molecule has 1 aromatic carbocycles. The molecule has 5 heteroatoms. The Hall–Kier alpha value is -0.870. The van der Waals surface area contributed by atoms with Crippen molar-refractivity contribution in [3.63, 3.8) is 0 Å². The summed E-state index contributed by atoms with van der Waals surface area (Å²) in [6.07, 6.45) is -2.80. The molecule has 0 bridgehead atoms. The number of rotatable bonds is 3. The van der Waals surface area contributed by atoms with Crippen LogP contribution in [-0.4, -0.2) is 11.5 Å². The van der Waals surface area contributed by atoms with E-state index in [-0.39, 0.29) is 24.6 Å². The molecule has 1 atom stereocenters. The van der Waals surface area contributed by atoms with Crippen molar-refractivity contribution in [2.45, 2.75) is 18.9 Å². The summed E-state index contributed by atoms with van der Waals surface area (Å²) in [5, 5.41) is 9.05. The van der Waals surface area contributed by atoms with E-state index >= 15 is 0 Å². The summed E-state index contributed by atoms with van der Waals surface area (Å²) in [5.41, 5.74) is 6.00. The minimum absolute atomic E-state index is 0. The fraction of sp³-hybridized carbons (Fsp3) is 0.333. The minimum atomic E-state index is -2.42. The van der Waals surface area contributed by atoms with Gasteiger partial charge in [0.15, 0.2) is 0 Å². The summed E-state index contributed by atoms with van der Waals surface area (Å²) >= 11 is 0. The smallest absolute Gasteiger partial charge is 0.240 e. The summed E-state index contributed by atoms with van der Waals surface area (Å²) in [6.45, 7) is 0. The second-order valence-electron chi connectivity index (χ2n) is 2.83. The van der Waals surface area contributed by atoms with Crippen molar-refractivity contribution in [2.75, 3.05) is 0 Å². The number of aromatic hydroxyl groups is 1. The molecule has 14 heavy (non-hydrogen) atoms. The van der Waals surface area contributed by atoms with Gasteiger partial charge in [0.1, 0.15) is 5.75 Å². The lowest BCUT2D eigenvalue weighted by Crippen LogP contribution is -2.13. The summed E-state index contributed by atoms with van der Waals surface area (Å²) in [7, 11) is 0. The van der Waals surface area contributed by atoms with Crippen molar-refractivity contribution in [1.29, 1.82) is 0 Å². The lowest BCUT2D eigenvalue weighted by molar-refractivity contribution is 0.128. The van der Waals surface area contributed by atoms with Crippen LogP contribution in [0.4, 0.5) is 8.78 Å². The quantitative estimate of drug-likeness (QED) is 0.827. The minimum Gasteiger partial charge on any atom is -0.508 e. The van der Waals surface area contributed by atoms with Gasteiger partial charge in [0.25, 0.3) is 0 Å². The normalized spacial score (nSPS) is 12.3. The average molecular weight is 224 g/mol. The first-order valence-electron chi connectivity index (χ1n) is 3.92. The van der Waals surface area contributed by atoms with Gasteiger partial charge in [-0.1, -0.05) is 12.1 Å². The molecule has 0 aliphatic carbocycles. The molecule has 0 unspecified atom stereocenters. The highest BCUT2D eigenvalue weighted by Gasteiger charge is 2.12. The van der Waals surface area contributed by atoms with Crippen LogP contribution in [0.1, 0.15) is 18.0 Å². The number of hydrogen-bond acceptors (Lipinski definition) is 2. The standard InChI is InChI=1S/C9H11F2NO.ClH/c10-9(11)5-8(12)6-2-1-3-7(13)4-6;/h1-4,8-9,13H,5,12H2;1H/t8-;/m0./s1. The highest BCUT2D eigenvalue weighted by molar-refractivity contribution is 5.85. The van der Waals surface area contributed by atoms with Crippen LogP contribution in [0.2, 0.25) is 0 Å². The molecule has 1 rings (SSSR count). The number of benzene rings is 1. The molecule has 0 saturated heterocycles. The Morgan fingerprint density at radius 1 is 1.36 bits per heavy atom. The molecule has 0 aliphatic heterocycles. The fourth-order valence-corrected chi connectivity index (χ4v) is 1.08. The van der Waals surface area contributed by atoms with Crippen LogP contribution in [-0.2, 0) is 0 Å². The Kier molecular flexibility index (Phi) is 5.42. The van der Waals surface area contributed by atoms with Gasteiger partial charge in [-0.3, -0.25) is 0 Å². The van der Waals surface area contributed by atoms with Gasteiger partial charge in [-0.15, -0.1) is 12.4 Å². The lowest BCUT2D eigenvalue weighted by Gasteiger charge is -2.10. The highest BCUT2D eigenvalue weighted by Crippen LogP contribution is 2.21. The molecule has 0 fully saturated rings. The molecule has 80 valence electrons. The predicted octanol–water partition coefficient (Wildman–Crippen LogP) is 2.47. The van der Waals surface area contributed by atoms with E-state index in [1.54, 1.807) is 12.1 Å². The zero-order valence-electron chi connectivity index (χ0n) is 7.36. The van der Waals surface area contributed by atoms with Crippen molar-refractivity contribution in [2.24, 2.45) is 5.73 Å². The third kappa shape index (κ3) is 3.89. The second-order valence-corrected chi connectivity index (χ2v) is 2.83. The zero-order valence-corrected chi connectivity index (χ0v) is 8.18. The molecule has 0 spiro atoms. The summed E-state index contributed by atoms with van der Waals surface area (Å²) in [6, 6.07) is 5.35. The molecular weight excluding hydrogens is 212 g/mol. The Bertz CT molecular complexity index is 283. The van der Waals surface area contributed by atoms with Crippen LogP contribution in [0, 0.1) is 0 Å². The van der Waals surface area contributed by atoms with Gasteiger partial charge in [-0.2, -0.15) is 0 Å². The maximum absolute atomic E-state index is 11.9. The first-order valence-corrected chi connectivity index (χ1v) is 3.92. The summed E-state index contributed by atoms with van der Waals surface area (Å²) in [5.74, 6) is 0.0437. The number of nitrogens with two attached hydrogens (primary N) is 1. The first kappa shape index (κ1) is 13.1. The van der Waals surface area contributed by atoms with E-state index in [0.29, 0.717) is 5.56 Å². The highest BCUT2D eigenvalue weighted by atomic mass is 35.5. The molecule has 1 aromatic rings. The van der Waals surface area contributed by atoms with E-state index in [4.69, 9.17) is 10.8 Å². The average Bonchev–Trinajstić information content (AvgIpc) is 2.03. The Morgan fingerprint density at radius 3 is 2.50 bits per heavy atom. The van der Waals surface area contributed by atoms with Crippen molar-refractivity contribution in [3.05, 3.63) is 29.8 Å². The van der Waals surface area contributed by atoms with E-state index in [2.05, 4.69) is 0 Å². The van der Waals surface area contributed by atoms with Gasteiger partial charge in [0.05, 0.1) is 0 Å². The second kappa shape index (κ2) is 5.78. The van der Waals surface area contributed by atoms with Crippen LogP contribution in [0.15, 0.2) is 24.3 Å². The Morgan fingerprint density at radius 2 is 2.00 bits per heavy atom. The molecule has 0 aromatic heterocycles. The van der Waals surface area contributed by atoms with Gasteiger partial charge in [-0.25, -0.2) is 8.78 Å². The summed E-state index contributed by atoms with van der Waals surface area (Å²) in [4.78, 5) is 0. The maximum atomic E-state index is 11.9. The van der Waals surface area contributed by atoms with Crippen molar-refractivity contribution >= 4 is 12.4 Å². The van der Waals surface area contributed by atoms with Crippen molar-refractivity contribution < 1.29 is 13.9 Å². The summed E-state index contributed by atoms with van der Waals surface area (Å²) < 4.78 is 23.9.